The van der Waals surface area contributed by atoms with E-state index in [1.54, 1.807) is 12.0 Å². The van der Waals surface area contributed by atoms with Crippen LogP contribution in [0.25, 0.3) is 0 Å². The van der Waals surface area contributed by atoms with Crippen molar-refractivity contribution in [3.05, 3.63) is 114 Å². The number of aliphatic hydroxyl groups excluding tert-OH is 1. The Kier molecular flexibility index (Phi) is 11.5. The van der Waals surface area contributed by atoms with Crippen molar-refractivity contribution in [2.24, 2.45) is 5.92 Å². The van der Waals surface area contributed by atoms with Crippen LogP contribution >= 0.6 is 0 Å². The van der Waals surface area contributed by atoms with E-state index in [1.165, 1.54) is 0 Å². The second kappa shape index (κ2) is 15.7. The summed E-state index contributed by atoms with van der Waals surface area (Å²) in [5, 5.41) is 9.04. The second-order valence-electron chi connectivity index (χ2n) is 10.2. The van der Waals surface area contributed by atoms with Crippen LogP contribution in [0.15, 0.2) is 97.1 Å². The van der Waals surface area contributed by atoms with E-state index in [4.69, 9.17) is 19.3 Å². The van der Waals surface area contributed by atoms with Crippen molar-refractivity contribution < 1.29 is 28.9 Å². The van der Waals surface area contributed by atoms with Crippen LogP contribution in [0.1, 0.15) is 42.1 Å². The molecule has 0 bridgehead atoms. The van der Waals surface area contributed by atoms with E-state index in [1.807, 2.05) is 97.1 Å². The number of amides is 1. The van der Waals surface area contributed by atoms with Gasteiger partial charge in [-0.3, -0.25) is 9.59 Å². The van der Waals surface area contributed by atoms with Gasteiger partial charge in [0.15, 0.2) is 0 Å². The lowest BCUT2D eigenvalue weighted by atomic mass is 9.94. The fourth-order valence-corrected chi connectivity index (χ4v) is 5.08. The molecule has 1 heterocycles. The van der Waals surface area contributed by atoms with Gasteiger partial charge in [-0.25, -0.2) is 0 Å². The first kappa shape index (κ1) is 30.0. The van der Waals surface area contributed by atoms with Gasteiger partial charge in [-0.15, -0.1) is 0 Å². The van der Waals surface area contributed by atoms with Gasteiger partial charge in [-0.1, -0.05) is 84.9 Å². The molecule has 7 heteroatoms. The third-order valence-electron chi connectivity index (χ3n) is 7.19. The number of methoxy groups -OCH3 is 1. The number of hydrogen-bond acceptors (Lipinski definition) is 6. The Bertz CT molecular complexity index is 1250. The Balaban J connectivity index is 1.69. The van der Waals surface area contributed by atoms with Gasteiger partial charge in [0.25, 0.3) is 0 Å². The van der Waals surface area contributed by atoms with E-state index in [0.29, 0.717) is 38.0 Å². The highest BCUT2D eigenvalue weighted by Gasteiger charge is 2.36. The molecule has 0 aromatic heterocycles. The van der Waals surface area contributed by atoms with Gasteiger partial charge in [0.05, 0.1) is 25.2 Å². The van der Waals surface area contributed by atoms with Crippen molar-refractivity contribution in [3.63, 3.8) is 0 Å². The number of esters is 1. The second-order valence-corrected chi connectivity index (χ2v) is 10.2. The molecule has 0 fully saturated rings. The van der Waals surface area contributed by atoms with Gasteiger partial charge in [0.2, 0.25) is 5.91 Å². The van der Waals surface area contributed by atoms with Crippen LogP contribution in [0.4, 0.5) is 0 Å². The predicted octanol–water partition coefficient (Wildman–Crippen LogP) is 5.28. The van der Waals surface area contributed by atoms with Crippen molar-refractivity contribution in [2.45, 2.75) is 44.4 Å². The average Bonchev–Trinajstić information content (AvgIpc) is 3.00. The highest BCUT2D eigenvalue weighted by atomic mass is 16.5. The fourth-order valence-electron chi connectivity index (χ4n) is 5.08. The number of carbonyl (C=O) groups is 2. The predicted molar refractivity (Wildman–Crippen MR) is 157 cm³/mol. The molecule has 3 aromatic carbocycles. The summed E-state index contributed by atoms with van der Waals surface area (Å²) in [6.07, 6.45) is 5.25. The number of cyclic esters (lactones) is 1. The van der Waals surface area contributed by atoms with Crippen LogP contribution in [0.2, 0.25) is 0 Å². The minimum Gasteiger partial charge on any atom is -0.491 e. The van der Waals surface area contributed by atoms with Crippen molar-refractivity contribution in [1.82, 2.24) is 4.90 Å². The molecule has 3 aromatic rings. The first-order valence-corrected chi connectivity index (χ1v) is 14.1. The number of hydrogen-bond donors (Lipinski definition) is 1. The van der Waals surface area contributed by atoms with Crippen LogP contribution in [0.3, 0.4) is 0 Å². The third-order valence-corrected chi connectivity index (χ3v) is 7.19. The molecular formula is C34H39NO6. The lowest BCUT2D eigenvalue weighted by Crippen LogP contribution is -2.47. The largest absolute Gasteiger partial charge is 0.491 e. The Hall–Kier alpha value is -3.94. The Morgan fingerprint density at radius 2 is 1.61 bits per heavy atom. The van der Waals surface area contributed by atoms with Gasteiger partial charge in [0.1, 0.15) is 18.5 Å². The van der Waals surface area contributed by atoms with Crippen LogP contribution in [-0.4, -0.2) is 54.9 Å². The van der Waals surface area contributed by atoms with E-state index < -0.39 is 12.1 Å². The maximum absolute atomic E-state index is 13.8. The van der Waals surface area contributed by atoms with Crippen molar-refractivity contribution in [2.75, 3.05) is 26.9 Å². The summed E-state index contributed by atoms with van der Waals surface area (Å²) in [6.45, 7) is 0.645. The van der Waals surface area contributed by atoms with E-state index in [-0.39, 0.29) is 37.6 Å². The molecule has 1 aliphatic heterocycles. The summed E-state index contributed by atoms with van der Waals surface area (Å²) in [6, 6.07) is 26.4. The van der Waals surface area contributed by atoms with Crippen molar-refractivity contribution in [1.29, 1.82) is 0 Å². The number of benzene rings is 3. The minimum absolute atomic E-state index is 0.0457. The van der Waals surface area contributed by atoms with Crippen LogP contribution in [0.5, 0.6) is 5.75 Å². The van der Waals surface area contributed by atoms with Crippen LogP contribution in [-0.2, 0) is 32.0 Å². The molecule has 216 valence electrons. The minimum atomic E-state index is -0.721. The number of ether oxygens (including phenoxy) is 3. The summed E-state index contributed by atoms with van der Waals surface area (Å²) >= 11 is 0. The molecule has 0 radical (unpaired) electrons. The normalized spacial score (nSPS) is 20.1. The smallest absolute Gasteiger partial charge is 0.310 e. The zero-order valence-corrected chi connectivity index (χ0v) is 23.6. The lowest BCUT2D eigenvalue weighted by Gasteiger charge is -2.37. The molecule has 1 amide bonds. The van der Waals surface area contributed by atoms with Crippen LogP contribution < -0.4 is 4.74 Å². The number of rotatable bonds is 10. The van der Waals surface area contributed by atoms with Crippen LogP contribution in [0, 0.1) is 5.92 Å². The van der Waals surface area contributed by atoms with Gasteiger partial charge >= 0.3 is 5.97 Å². The molecule has 0 saturated carbocycles. The first-order valence-electron chi connectivity index (χ1n) is 14.1. The Morgan fingerprint density at radius 3 is 2.29 bits per heavy atom. The van der Waals surface area contributed by atoms with Crippen molar-refractivity contribution in [3.8, 4) is 5.75 Å². The lowest BCUT2D eigenvalue weighted by molar-refractivity contribution is -0.163. The molecular weight excluding hydrogens is 518 g/mol. The highest BCUT2D eigenvalue weighted by molar-refractivity contribution is 5.77. The van der Waals surface area contributed by atoms with Gasteiger partial charge in [-0.05, 0) is 48.1 Å². The Labute approximate surface area is 242 Å². The summed E-state index contributed by atoms with van der Waals surface area (Å²) < 4.78 is 17.5. The molecule has 7 nitrogen and oxygen atoms in total. The first-order chi connectivity index (χ1) is 20.1. The molecule has 0 spiro atoms. The monoisotopic (exact) mass is 557 g/mol. The number of carbonyl (C=O) groups excluding carboxylic acids is 2. The SMILES string of the molecule is COCC1C(c2ccccc2)OC(=O)C(Cc2ccccc2)CC=CCCC(=O)N1Cc1ccc(OCCO)cc1. The third kappa shape index (κ3) is 8.77. The van der Waals surface area contributed by atoms with Gasteiger partial charge in [-0.2, -0.15) is 0 Å². The molecule has 1 aliphatic rings. The average molecular weight is 558 g/mol. The maximum Gasteiger partial charge on any atom is 0.310 e. The molecule has 3 unspecified atom stereocenters. The molecule has 41 heavy (non-hydrogen) atoms. The quantitative estimate of drug-likeness (QED) is 0.270. The summed E-state index contributed by atoms with van der Waals surface area (Å²) in [5.74, 6) is -0.0671. The molecule has 0 aliphatic carbocycles. The summed E-state index contributed by atoms with van der Waals surface area (Å²) in [4.78, 5) is 29.3. The number of nitrogens with zero attached hydrogens (tertiary/aromatic N) is 1. The highest BCUT2D eigenvalue weighted by Crippen LogP contribution is 2.31. The number of allylic oxidation sites excluding steroid dienone is 2. The van der Waals surface area contributed by atoms with Gasteiger partial charge < -0.3 is 24.2 Å². The Morgan fingerprint density at radius 1 is 0.902 bits per heavy atom. The maximum atomic E-state index is 13.8. The van der Waals surface area contributed by atoms with E-state index in [9.17, 15) is 9.59 Å². The zero-order chi connectivity index (χ0) is 28.9. The summed E-state index contributed by atoms with van der Waals surface area (Å²) in [5.41, 5.74) is 2.78. The number of aliphatic hydroxyl groups is 1. The van der Waals surface area contributed by atoms with E-state index in [0.717, 1.165) is 16.7 Å². The van der Waals surface area contributed by atoms with E-state index >= 15 is 0 Å². The molecule has 4 rings (SSSR count). The van der Waals surface area contributed by atoms with Gasteiger partial charge in [0, 0.05) is 20.1 Å². The molecule has 0 saturated heterocycles. The van der Waals surface area contributed by atoms with Crippen molar-refractivity contribution >= 4 is 11.9 Å². The molecule has 3 atom stereocenters. The van der Waals surface area contributed by atoms with E-state index in [2.05, 4.69) is 0 Å². The summed E-state index contributed by atoms with van der Waals surface area (Å²) in [7, 11) is 1.59. The standard InChI is InChI=1S/C34H39NO6/c1-39-25-31-33(28-13-7-3-8-14-28)41-34(38)29(23-26-11-5-2-6-12-26)15-9-4-10-16-32(37)35(31)24-27-17-19-30(20-18-27)40-22-21-36/h2-9,11-14,17-20,29,31,33,36H,10,15-16,21-25H2,1H3. The topological polar surface area (TPSA) is 85.3 Å². The molecule has 1 N–H and O–H groups in total. The zero-order valence-electron chi connectivity index (χ0n) is 23.6. The fraction of sp³-hybridized carbons (Fsp3) is 0.353.